The standard InChI is InChI=1S/C13H25N3O2/c1-13(3-4-15(2)11-13)10-14-12(17)9-16-5-7-18-8-6-16/h3-11H2,1-2H3,(H,14,17)/t13-/m0/s1. The molecule has 0 aromatic rings. The topological polar surface area (TPSA) is 44.8 Å². The molecule has 2 fully saturated rings. The van der Waals surface area contributed by atoms with E-state index in [4.69, 9.17) is 4.74 Å². The van der Waals surface area contributed by atoms with Gasteiger partial charge in [0.15, 0.2) is 0 Å². The third-order valence-electron chi connectivity index (χ3n) is 3.93. The Balaban J connectivity index is 1.68. The second-order valence-electron chi connectivity index (χ2n) is 5.96. The normalized spacial score (nSPS) is 30.6. The SMILES string of the molecule is CN1CC[C@@](C)(CNC(=O)CN2CCOCC2)C1. The molecule has 104 valence electrons. The van der Waals surface area contributed by atoms with Gasteiger partial charge in [-0.15, -0.1) is 0 Å². The van der Waals surface area contributed by atoms with Crippen molar-refractivity contribution in [3.63, 3.8) is 0 Å². The van der Waals surface area contributed by atoms with E-state index in [2.05, 4.69) is 29.1 Å². The maximum atomic E-state index is 11.9. The molecular weight excluding hydrogens is 230 g/mol. The van der Waals surface area contributed by atoms with Crippen LogP contribution in [0.1, 0.15) is 13.3 Å². The van der Waals surface area contributed by atoms with Crippen LogP contribution in [0.15, 0.2) is 0 Å². The van der Waals surface area contributed by atoms with Crippen molar-refractivity contribution in [3.05, 3.63) is 0 Å². The molecule has 18 heavy (non-hydrogen) atoms. The zero-order valence-electron chi connectivity index (χ0n) is 11.6. The zero-order chi connectivity index (χ0) is 13.0. The Morgan fingerprint density at radius 3 is 2.67 bits per heavy atom. The molecule has 0 aromatic heterocycles. The fourth-order valence-electron chi connectivity index (χ4n) is 2.75. The Morgan fingerprint density at radius 2 is 2.06 bits per heavy atom. The van der Waals surface area contributed by atoms with E-state index >= 15 is 0 Å². The molecule has 0 saturated carbocycles. The first-order valence-corrected chi connectivity index (χ1v) is 6.83. The Labute approximate surface area is 109 Å². The lowest BCUT2D eigenvalue weighted by Gasteiger charge is -2.28. The summed E-state index contributed by atoms with van der Waals surface area (Å²) < 4.78 is 5.27. The number of hydrogen-bond acceptors (Lipinski definition) is 4. The number of nitrogens with one attached hydrogen (secondary N) is 1. The lowest BCUT2D eigenvalue weighted by atomic mass is 9.90. The quantitative estimate of drug-likeness (QED) is 0.754. The number of amides is 1. The van der Waals surface area contributed by atoms with Crippen LogP contribution in [-0.2, 0) is 9.53 Å². The zero-order valence-corrected chi connectivity index (χ0v) is 11.6. The molecule has 0 aliphatic carbocycles. The maximum absolute atomic E-state index is 11.9. The van der Waals surface area contributed by atoms with Crippen molar-refractivity contribution >= 4 is 5.91 Å². The number of likely N-dealkylation sites (tertiary alicyclic amines) is 1. The van der Waals surface area contributed by atoms with Gasteiger partial charge in [0, 0.05) is 26.2 Å². The van der Waals surface area contributed by atoms with Gasteiger partial charge in [-0.1, -0.05) is 6.92 Å². The molecule has 1 N–H and O–H groups in total. The van der Waals surface area contributed by atoms with Crippen LogP contribution in [-0.4, -0.2) is 75.2 Å². The minimum Gasteiger partial charge on any atom is -0.379 e. The predicted molar refractivity (Wildman–Crippen MR) is 70.5 cm³/mol. The first-order valence-electron chi connectivity index (χ1n) is 6.83. The second kappa shape index (κ2) is 5.99. The largest absolute Gasteiger partial charge is 0.379 e. The van der Waals surface area contributed by atoms with Crippen LogP contribution < -0.4 is 5.32 Å². The van der Waals surface area contributed by atoms with Crippen molar-refractivity contribution in [1.82, 2.24) is 15.1 Å². The fraction of sp³-hybridized carbons (Fsp3) is 0.923. The van der Waals surface area contributed by atoms with Crippen molar-refractivity contribution in [3.8, 4) is 0 Å². The fourth-order valence-corrected chi connectivity index (χ4v) is 2.75. The monoisotopic (exact) mass is 255 g/mol. The highest BCUT2D eigenvalue weighted by Gasteiger charge is 2.32. The summed E-state index contributed by atoms with van der Waals surface area (Å²) in [5.74, 6) is 0.146. The summed E-state index contributed by atoms with van der Waals surface area (Å²) in [5, 5.41) is 3.08. The van der Waals surface area contributed by atoms with E-state index in [1.54, 1.807) is 0 Å². The third-order valence-corrected chi connectivity index (χ3v) is 3.93. The summed E-state index contributed by atoms with van der Waals surface area (Å²) in [6.45, 7) is 8.99. The van der Waals surface area contributed by atoms with Gasteiger partial charge in [-0.05, 0) is 25.4 Å². The minimum atomic E-state index is 0.146. The molecule has 0 spiro atoms. The van der Waals surface area contributed by atoms with Crippen LogP contribution in [0.2, 0.25) is 0 Å². The van der Waals surface area contributed by atoms with E-state index in [0.29, 0.717) is 6.54 Å². The molecule has 0 radical (unpaired) electrons. The molecule has 5 heteroatoms. The molecule has 1 atom stereocenters. The molecule has 2 aliphatic rings. The number of hydrogen-bond donors (Lipinski definition) is 1. The Morgan fingerprint density at radius 1 is 1.33 bits per heavy atom. The van der Waals surface area contributed by atoms with Gasteiger partial charge < -0.3 is 15.0 Å². The highest BCUT2D eigenvalue weighted by molar-refractivity contribution is 5.78. The van der Waals surface area contributed by atoms with E-state index in [0.717, 1.165) is 45.9 Å². The summed E-state index contributed by atoms with van der Waals surface area (Å²) >= 11 is 0. The predicted octanol–water partition coefficient (Wildman–Crippen LogP) is -0.223. The number of nitrogens with zero attached hydrogens (tertiary/aromatic N) is 2. The van der Waals surface area contributed by atoms with Crippen LogP contribution in [0.25, 0.3) is 0 Å². The molecule has 2 saturated heterocycles. The van der Waals surface area contributed by atoms with Crippen molar-refractivity contribution in [1.29, 1.82) is 0 Å². The van der Waals surface area contributed by atoms with E-state index in [1.807, 2.05) is 0 Å². The first kappa shape index (κ1) is 13.8. The van der Waals surface area contributed by atoms with E-state index in [9.17, 15) is 4.79 Å². The van der Waals surface area contributed by atoms with Crippen molar-refractivity contribution < 1.29 is 9.53 Å². The van der Waals surface area contributed by atoms with Gasteiger partial charge in [0.05, 0.1) is 19.8 Å². The van der Waals surface area contributed by atoms with E-state index in [1.165, 1.54) is 6.42 Å². The Hall–Kier alpha value is -0.650. The summed E-state index contributed by atoms with van der Waals surface area (Å²) in [6, 6.07) is 0. The van der Waals surface area contributed by atoms with Crippen LogP contribution in [0.5, 0.6) is 0 Å². The summed E-state index contributed by atoms with van der Waals surface area (Å²) in [7, 11) is 2.14. The summed E-state index contributed by atoms with van der Waals surface area (Å²) in [5.41, 5.74) is 0.245. The molecule has 2 aliphatic heterocycles. The molecule has 0 unspecified atom stereocenters. The summed E-state index contributed by atoms with van der Waals surface area (Å²) in [4.78, 5) is 16.4. The number of ether oxygens (including phenoxy) is 1. The van der Waals surface area contributed by atoms with Crippen LogP contribution in [0.4, 0.5) is 0 Å². The maximum Gasteiger partial charge on any atom is 0.234 e. The average molecular weight is 255 g/mol. The molecule has 0 bridgehead atoms. The van der Waals surface area contributed by atoms with E-state index < -0.39 is 0 Å². The Bertz CT molecular complexity index is 292. The van der Waals surface area contributed by atoms with E-state index in [-0.39, 0.29) is 11.3 Å². The molecule has 2 heterocycles. The second-order valence-corrected chi connectivity index (χ2v) is 5.96. The van der Waals surface area contributed by atoms with Gasteiger partial charge in [-0.3, -0.25) is 9.69 Å². The molecule has 5 nitrogen and oxygen atoms in total. The van der Waals surface area contributed by atoms with Gasteiger partial charge >= 0.3 is 0 Å². The smallest absolute Gasteiger partial charge is 0.234 e. The highest BCUT2D eigenvalue weighted by Crippen LogP contribution is 2.27. The Kier molecular flexibility index (Phi) is 4.59. The first-order chi connectivity index (χ1) is 8.57. The number of rotatable bonds is 4. The molecule has 2 rings (SSSR count). The number of morpholine rings is 1. The van der Waals surface area contributed by atoms with Gasteiger partial charge in [0.25, 0.3) is 0 Å². The van der Waals surface area contributed by atoms with Crippen LogP contribution >= 0.6 is 0 Å². The van der Waals surface area contributed by atoms with Crippen LogP contribution in [0, 0.1) is 5.41 Å². The third kappa shape index (κ3) is 3.93. The molecule has 1 amide bonds. The van der Waals surface area contributed by atoms with Crippen LogP contribution in [0.3, 0.4) is 0 Å². The van der Waals surface area contributed by atoms with Gasteiger partial charge in [-0.25, -0.2) is 0 Å². The van der Waals surface area contributed by atoms with Crippen molar-refractivity contribution in [2.45, 2.75) is 13.3 Å². The minimum absolute atomic E-state index is 0.146. The lowest BCUT2D eigenvalue weighted by molar-refractivity contribution is -0.123. The van der Waals surface area contributed by atoms with Gasteiger partial charge in [-0.2, -0.15) is 0 Å². The molecule has 0 aromatic carbocycles. The lowest BCUT2D eigenvalue weighted by Crippen LogP contribution is -2.45. The van der Waals surface area contributed by atoms with Gasteiger partial charge in [0.2, 0.25) is 5.91 Å². The van der Waals surface area contributed by atoms with Crippen molar-refractivity contribution in [2.75, 3.05) is 59.5 Å². The molecular formula is C13H25N3O2. The summed E-state index contributed by atoms with van der Waals surface area (Å²) in [6.07, 6.45) is 1.17. The number of carbonyl (C=O) groups is 1. The van der Waals surface area contributed by atoms with Gasteiger partial charge in [0.1, 0.15) is 0 Å². The number of carbonyl (C=O) groups excluding carboxylic acids is 1. The van der Waals surface area contributed by atoms with Crippen molar-refractivity contribution in [2.24, 2.45) is 5.41 Å². The average Bonchev–Trinajstić information content (AvgIpc) is 2.69. The highest BCUT2D eigenvalue weighted by atomic mass is 16.5.